The first kappa shape index (κ1) is 24.1. The van der Waals surface area contributed by atoms with Crippen LogP contribution in [0.2, 0.25) is 0 Å². The molecule has 0 aliphatic carbocycles. The first-order chi connectivity index (χ1) is 17.0. The molecular formula is C24H29N5O4S2. The number of piperidine rings is 1. The van der Waals surface area contributed by atoms with Crippen molar-refractivity contribution < 1.29 is 19.5 Å². The molecule has 3 aliphatic heterocycles. The number of carboxylic acid groups (broad SMARTS) is 1. The molecule has 1 atom stereocenters. The van der Waals surface area contributed by atoms with Gasteiger partial charge in [-0.3, -0.25) is 9.59 Å². The molecule has 0 saturated carbocycles. The van der Waals surface area contributed by atoms with Crippen molar-refractivity contribution in [3.8, 4) is 0 Å². The second kappa shape index (κ2) is 10.2. The van der Waals surface area contributed by atoms with E-state index in [1.54, 1.807) is 5.38 Å². The minimum atomic E-state index is -1.02. The summed E-state index contributed by atoms with van der Waals surface area (Å²) in [6.45, 7) is 3.62. The van der Waals surface area contributed by atoms with E-state index in [4.69, 9.17) is 5.11 Å². The standard InChI is InChI=1S/C24H29N5O4S2/c30-20-7-6-18(28(20)12-13-34-23-26-19(15-35-23)21(31)32)14-27-10-8-24(9-11-27)22(33)25-16-29(24)17-4-2-1-3-5-17/h1-5,15,18H,6-14,16H2,(H,25,33)(H,31,32). The second-order valence-corrected chi connectivity index (χ2v) is 11.4. The number of aromatic carboxylic acids is 1. The second-order valence-electron chi connectivity index (χ2n) is 9.19. The molecule has 0 radical (unpaired) electrons. The van der Waals surface area contributed by atoms with Crippen molar-refractivity contribution in [2.45, 2.75) is 41.6 Å². The molecule has 1 aromatic heterocycles. The Morgan fingerprint density at radius 2 is 2.00 bits per heavy atom. The number of aromatic nitrogens is 1. The molecule has 1 spiro atoms. The minimum absolute atomic E-state index is 0.0669. The van der Waals surface area contributed by atoms with Crippen LogP contribution in [0.3, 0.4) is 0 Å². The van der Waals surface area contributed by atoms with Crippen LogP contribution in [0.4, 0.5) is 5.69 Å². The highest BCUT2D eigenvalue weighted by Gasteiger charge is 2.50. The summed E-state index contributed by atoms with van der Waals surface area (Å²) < 4.78 is 0.713. The summed E-state index contributed by atoms with van der Waals surface area (Å²) in [7, 11) is 0. The topological polar surface area (TPSA) is 106 Å². The highest BCUT2D eigenvalue weighted by Crippen LogP contribution is 2.36. The lowest BCUT2D eigenvalue weighted by Crippen LogP contribution is -2.57. The van der Waals surface area contributed by atoms with Crippen molar-refractivity contribution in [1.82, 2.24) is 20.1 Å². The number of benzene rings is 1. The predicted octanol–water partition coefficient (Wildman–Crippen LogP) is 2.35. The first-order valence-corrected chi connectivity index (χ1v) is 13.8. The Labute approximate surface area is 212 Å². The maximum atomic E-state index is 12.9. The summed E-state index contributed by atoms with van der Waals surface area (Å²) in [6, 6.07) is 10.3. The number of para-hydroxylation sites is 1. The van der Waals surface area contributed by atoms with Crippen LogP contribution in [0.15, 0.2) is 40.1 Å². The van der Waals surface area contributed by atoms with Crippen LogP contribution in [0.25, 0.3) is 0 Å². The Balaban J connectivity index is 1.15. The highest BCUT2D eigenvalue weighted by molar-refractivity contribution is 8.01. The molecule has 1 aromatic carbocycles. The van der Waals surface area contributed by atoms with E-state index < -0.39 is 11.5 Å². The van der Waals surface area contributed by atoms with Crippen molar-refractivity contribution in [3.05, 3.63) is 41.4 Å². The fourth-order valence-corrected chi connectivity index (χ4v) is 7.19. The molecule has 186 valence electrons. The van der Waals surface area contributed by atoms with Gasteiger partial charge in [0.2, 0.25) is 11.8 Å². The van der Waals surface area contributed by atoms with Crippen LogP contribution in [0, 0.1) is 0 Å². The Morgan fingerprint density at radius 3 is 2.71 bits per heavy atom. The number of thioether (sulfide) groups is 1. The summed E-state index contributed by atoms with van der Waals surface area (Å²) in [6.07, 6.45) is 2.94. The molecule has 5 rings (SSSR count). The number of anilines is 1. The van der Waals surface area contributed by atoms with Gasteiger partial charge in [0.05, 0.1) is 6.67 Å². The quantitative estimate of drug-likeness (QED) is 0.516. The van der Waals surface area contributed by atoms with Crippen LogP contribution in [0.1, 0.15) is 36.2 Å². The summed E-state index contributed by atoms with van der Waals surface area (Å²) >= 11 is 2.81. The number of thiazole rings is 1. The van der Waals surface area contributed by atoms with Gasteiger partial charge in [0.25, 0.3) is 0 Å². The monoisotopic (exact) mass is 515 g/mol. The van der Waals surface area contributed by atoms with E-state index in [0.29, 0.717) is 29.7 Å². The van der Waals surface area contributed by atoms with Gasteiger partial charge in [-0.2, -0.15) is 0 Å². The van der Waals surface area contributed by atoms with Gasteiger partial charge in [0.15, 0.2) is 10.0 Å². The number of carboxylic acids is 1. The number of rotatable bonds is 8. The number of likely N-dealkylation sites (tertiary alicyclic amines) is 2. The van der Waals surface area contributed by atoms with Gasteiger partial charge in [-0.15, -0.1) is 11.3 Å². The molecule has 9 nitrogen and oxygen atoms in total. The summed E-state index contributed by atoms with van der Waals surface area (Å²) in [4.78, 5) is 47.2. The van der Waals surface area contributed by atoms with E-state index in [9.17, 15) is 14.4 Å². The Hall–Kier alpha value is -2.63. The lowest BCUT2D eigenvalue weighted by atomic mass is 9.85. The van der Waals surface area contributed by atoms with Crippen LogP contribution in [0.5, 0.6) is 0 Å². The summed E-state index contributed by atoms with van der Waals surface area (Å²) in [5.74, 6) is -0.0404. The van der Waals surface area contributed by atoms with Crippen molar-refractivity contribution in [2.75, 3.05) is 43.5 Å². The zero-order valence-corrected chi connectivity index (χ0v) is 21.0. The number of carbonyl (C=O) groups is 3. The predicted molar refractivity (Wildman–Crippen MR) is 135 cm³/mol. The first-order valence-electron chi connectivity index (χ1n) is 11.9. The number of hydrogen-bond acceptors (Lipinski definition) is 8. The third-order valence-corrected chi connectivity index (χ3v) is 9.27. The summed E-state index contributed by atoms with van der Waals surface area (Å²) in [5.41, 5.74) is 0.639. The van der Waals surface area contributed by atoms with E-state index >= 15 is 0 Å². The number of hydrogen-bond donors (Lipinski definition) is 2. The largest absolute Gasteiger partial charge is 0.476 e. The average Bonchev–Trinajstić information content (AvgIpc) is 3.56. The molecular weight excluding hydrogens is 486 g/mol. The fourth-order valence-electron chi connectivity index (χ4n) is 5.38. The zero-order chi connectivity index (χ0) is 24.4. The van der Waals surface area contributed by atoms with Gasteiger partial charge in [-0.25, -0.2) is 9.78 Å². The fraction of sp³-hybridized carbons (Fsp3) is 0.500. The van der Waals surface area contributed by atoms with Gasteiger partial charge in [-0.1, -0.05) is 30.0 Å². The van der Waals surface area contributed by atoms with E-state index in [1.165, 1.54) is 23.1 Å². The summed E-state index contributed by atoms with van der Waals surface area (Å²) in [5, 5.41) is 13.6. The van der Waals surface area contributed by atoms with E-state index in [1.807, 2.05) is 23.1 Å². The van der Waals surface area contributed by atoms with Crippen molar-refractivity contribution in [2.24, 2.45) is 0 Å². The zero-order valence-electron chi connectivity index (χ0n) is 19.4. The van der Waals surface area contributed by atoms with Crippen LogP contribution in [-0.4, -0.2) is 87.9 Å². The molecule has 3 saturated heterocycles. The Bertz CT molecular complexity index is 1090. The molecule has 2 amide bonds. The van der Waals surface area contributed by atoms with Gasteiger partial charge >= 0.3 is 5.97 Å². The molecule has 3 fully saturated rings. The van der Waals surface area contributed by atoms with Crippen LogP contribution >= 0.6 is 23.1 Å². The van der Waals surface area contributed by atoms with Crippen LogP contribution < -0.4 is 10.2 Å². The number of nitrogens with zero attached hydrogens (tertiary/aromatic N) is 4. The Kier molecular flexibility index (Phi) is 6.99. The van der Waals surface area contributed by atoms with Gasteiger partial charge in [0, 0.05) is 55.5 Å². The van der Waals surface area contributed by atoms with E-state index in [2.05, 4.69) is 32.2 Å². The maximum absolute atomic E-state index is 12.9. The molecule has 35 heavy (non-hydrogen) atoms. The Morgan fingerprint density at radius 1 is 1.23 bits per heavy atom. The number of nitrogens with one attached hydrogen (secondary N) is 1. The van der Waals surface area contributed by atoms with Crippen molar-refractivity contribution in [1.29, 1.82) is 0 Å². The highest BCUT2D eigenvalue weighted by atomic mass is 32.2. The maximum Gasteiger partial charge on any atom is 0.355 e. The molecule has 0 bridgehead atoms. The SMILES string of the molecule is O=C(O)c1csc(SCCN2C(=O)CCC2CN2CCC3(CC2)C(=O)NCN3c2ccccc2)n1. The molecule has 1 unspecified atom stereocenters. The third-order valence-electron chi connectivity index (χ3n) is 7.27. The van der Waals surface area contributed by atoms with Gasteiger partial charge in [-0.05, 0) is 31.4 Å². The van der Waals surface area contributed by atoms with E-state index in [0.717, 1.165) is 44.6 Å². The normalized spacial score (nSPS) is 22.2. The van der Waals surface area contributed by atoms with E-state index in [-0.39, 0.29) is 23.6 Å². The lowest BCUT2D eigenvalue weighted by molar-refractivity contribution is -0.128. The van der Waals surface area contributed by atoms with Crippen molar-refractivity contribution >= 4 is 46.6 Å². The molecule has 11 heteroatoms. The molecule has 2 aromatic rings. The molecule has 3 aliphatic rings. The van der Waals surface area contributed by atoms with Gasteiger partial charge in [0.1, 0.15) is 5.54 Å². The number of amides is 2. The molecule has 4 heterocycles. The van der Waals surface area contributed by atoms with Crippen molar-refractivity contribution in [3.63, 3.8) is 0 Å². The minimum Gasteiger partial charge on any atom is -0.476 e. The van der Waals surface area contributed by atoms with Gasteiger partial charge < -0.3 is 25.1 Å². The molecule has 2 N–H and O–H groups in total. The smallest absolute Gasteiger partial charge is 0.355 e. The average molecular weight is 516 g/mol. The number of carbonyl (C=O) groups excluding carboxylic acids is 2. The lowest BCUT2D eigenvalue weighted by Gasteiger charge is -2.44. The third kappa shape index (κ3) is 4.89. The van der Waals surface area contributed by atoms with Crippen LogP contribution in [-0.2, 0) is 9.59 Å².